The van der Waals surface area contributed by atoms with Crippen LogP contribution in [0.4, 0.5) is 17.2 Å². The third kappa shape index (κ3) is 4.58. The van der Waals surface area contributed by atoms with E-state index in [-0.39, 0.29) is 5.91 Å². The molecule has 0 aliphatic heterocycles. The van der Waals surface area contributed by atoms with Gasteiger partial charge in [0, 0.05) is 28.1 Å². The Morgan fingerprint density at radius 2 is 1.84 bits per heavy atom. The number of halogens is 1. The second-order valence-corrected chi connectivity index (χ2v) is 6.17. The smallest absolute Gasteiger partial charge is 0.257 e. The van der Waals surface area contributed by atoms with Crippen LogP contribution in [-0.2, 0) is 0 Å². The Morgan fingerprint density at radius 1 is 1.04 bits per heavy atom. The fourth-order valence-corrected chi connectivity index (χ4v) is 2.45. The number of benzene rings is 2. The first-order chi connectivity index (χ1) is 12.1. The van der Waals surface area contributed by atoms with Crippen LogP contribution in [0.5, 0.6) is 5.75 Å². The average molecular weight is 398 g/mol. The van der Waals surface area contributed by atoms with Crippen molar-refractivity contribution >= 4 is 39.0 Å². The highest BCUT2D eigenvalue weighted by molar-refractivity contribution is 9.10. The van der Waals surface area contributed by atoms with E-state index in [1.807, 2.05) is 36.4 Å². The van der Waals surface area contributed by atoms with Crippen molar-refractivity contribution < 1.29 is 9.53 Å². The maximum atomic E-state index is 12.3. The number of rotatable bonds is 5. The number of anilines is 3. The summed E-state index contributed by atoms with van der Waals surface area (Å²) in [6.45, 7) is 0. The van der Waals surface area contributed by atoms with Crippen LogP contribution in [0.3, 0.4) is 0 Å². The Bertz CT molecular complexity index is 865. The maximum Gasteiger partial charge on any atom is 0.257 e. The van der Waals surface area contributed by atoms with Gasteiger partial charge in [0.15, 0.2) is 0 Å². The quantitative estimate of drug-likeness (QED) is 0.645. The third-order valence-corrected chi connectivity index (χ3v) is 4.00. The van der Waals surface area contributed by atoms with E-state index in [9.17, 15) is 4.79 Å². The molecule has 1 amide bonds. The van der Waals surface area contributed by atoms with E-state index in [0.717, 1.165) is 10.2 Å². The van der Waals surface area contributed by atoms with Crippen molar-refractivity contribution in [2.24, 2.45) is 0 Å². The number of pyridine rings is 1. The highest BCUT2D eigenvalue weighted by atomic mass is 79.9. The van der Waals surface area contributed by atoms with Gasteiger partial charge in [-0.25, -0.2) is 4.98 Å². The molecule has 126 valence electrons. The highest BCUT2D eigenvalue weighted by Crippen LogP contribution is 2.19. The molecule has 0 atom stereocenters. The Kier molecular flexibility index (Phi) is 5.30. The van der Waals surface area contributed by atoms with Gasteiger partial charge < -0.3 is 15.4 Å². The number of hydrogen-bond donors (Lipinski definition) is 2. The molecule has 5 nitrogen and oxygen atoms in total. The van der Waals surface area contributed by atoms with Crippen LogP contribution in [0.15, 0.2) is 71.3 Å². The Balaban J connectivity index is 1.66. The van der Waals surface area contributed by atoms with Gasteiger partial charge in [-0.15, -0.1) is 0 Å². The van der Waals surface area contributed by atoms with Gasteiger partial charge in [0.25, 0.3) is 5.91 Å². The SMILES string of the molecule is COc1cccc(NC(=O)c2ccc(Nc3ccc(Br)cc3)nc2)c1. The number of carbonyl (C=O) groups excluding carboxylic acids is 1. The van der Waals surface area contributed by atoms with Crippen molar-refractivity contribution in [1.29, 1.82) is 0 Å². The first-order valence-electron chi connectivity index (χ1n) is 7.58. The summed E-state index contributed by atoms with van der Waals surface area (Å²) in [5.74, 6) is 1.13. The molecule has 3 aromatic rings. The minimum absolute atomic E-state index is 0.226. The molecular formula is C19H16BrN3O2. The molecular weight excluding hydrogens is 382 g/mol. The molecule has 0 fully saturated rings. The zero-order chi connectivity index (χ0) is 17.6. The summed E-state index contributed by atoms with van der Waals surface area (Å²) in [4.78, 5) is 16.6. The molecule has 2 aromatic carbocycles. The monoisotopic (exact) mass is 397 g/mol. The number of aromatic nitrogens is 1. The molecule has 25 heavy (non-hydrogen) atoms. The van der Waals surface area contributed by atoms with E-state index in [1.165, 1.54) is 6.20 Å². The van der Waals surface area contributed by atoms with Gasteiger partial charge in [-0.2, -0.15) is 0 Å². The molecule has 0 radical (unpaired) electrons. The normalized spacial score (nSPS) is 10.2. The number of amides is 1. The molecule has 3 rings (SSSR count). The first kappa shape index (κ1) is 17.0. The Morgan fingerprint density at radius 3 is 2.52 bits per heavy atom. The maximum absolute atomic E-state index is 12.3. The largest absolute Gasteiger partial charge is 0.497 e. The second kappa shape index (κ2) is 7.81. The molecule has 0 unspecified atom stereocenters. The number of hydrogen-bond acceptors (Lipinski definition) is 4. The van der Waals surface area contributed by atoms with Crippen LogP contribution in [0.1, 0.15) is 10.4 Å². The van der Waals surface area contributed by atoms with Crippen molar-refractivity contribution in [3.8, 4) is 5.75 Å². The first-order valence-corrected chi connectivity index (χ1v) is 8.37. The molecule has 0 aliphatic rings. The molecule has 0 saturated carbocycles. The predicted molar refractivity (Wildman–Crippen MR) is 103 cm³/mol. The summed E-state index contributed by atoms with van der Waals surface area (Å²) in [6.07, 6.45) is 1.54. The van der Waals surface area contributed by atoms with Crippen LogP contribution in [0.2, 0.25) is 0 Å². The fourth-order valence-electron chi connectivity index (χ4n) is 2.19. The van der Waals surface area contributed by atoms with Crippen molar-refractivity contribution in [3.63, 3.8) is 0 Å². The minimum Gasteiger partial charge on any atom is -0.497 e. The lowest BCUT2D eigenvalue weighted by atomic mass is 10.2. The minimum atomic E-state index is -0.226. The summed E-state index contributed by atoms with van der Waals surface area (Å²) < 4.78 is 6.16. The van der Waals surface area contributed by atoms with Gasteiger partial charge in [0.1, 0.15) is 11.6 Å². The third-order valence-electron chi connectivity index (χ3n) is 3.47. The standard InChI is InChI=1S/C19H16BrN3O2/c1-25-17-4-2-3-16(11-17)23-19(24)13-5-10-18(21-12-13)22-15-8-6-14(20)7-9-15/h2-12H,1H3,(H,21,22)(H,23,24). The van der Waals surface area contributed by atoms with Gasteiger partial charge >= 0.3 is 0 Å². The van der Waals surface area contributed by atoms with Crippen molar-refractivity contribution in [3.05, 3.63) is 76.9 Å². The zero-order valence-electron chi connectivity index (χ0n) is 13.5. The van der Waals surface area contributed by atoms with E-state index in [0.29, 0.717) is 22.8 Å². The van der Waals surface area contributed by atoms with Gasteiger partial charge in [-0.1, -0.05) is 22.0 Å². The highest BCUT2D eigenvalue weighted by Gasteiger charge is 2.07. The number of ether oxygens (including phenoxy) is 1. The van der Waals surface area contributed by atoms with Crippen LogP contribution in [0.25, 0.3) is 0 Å². The molecule has 1 heterocycles. The van der Waals surface area contributed by atoms with E-state index < -0.39 is 0 Å². The van der Waals surface area contributed by atoms with Crippen LogP contribution in [0, 0.1) is 0 Å². The van der Waals surface area contributed by atoms with E-state index in [4.69, 9.17) is 4.74 Å². The van der Waals surface area contributed by atoms with Gasteiger partial charge in [0.05, 0.1) is 12.7 Å². The van der Waals surface area contributed by atoms with Gasteiger partial charge in [0.2, 0.25) is 0 Å². The number of carbonyl (C=O) groups is 1. The van der Waals surface area contributed by atoms with E-state index in [2.05, 4.69) is 31.5 Å². The summed E-state index contributed by atoms with van der Waals surface area (Å²) >= 11 is 3.40. The second-order valence-electron chi connectivity index (χ2n) is 5.25. The predicted octanol–water partition coefficient (Wildman–Crippen LogP) is 4.85. The van der Waals surface area contributed by atoms with Gasteiger partial charge in [-0.3, -0.25) is 4.79 Å². The molecule has 0 aliphatic carbocycles. The Labute approximate surface area is 154 Å². The summed E-state index contributed by atoms with van der Waals surface area (Å²) in [5, 5.41) is 6.01. The van der Waals surface area contributed by atoms with Crippen LogP contribution in [-0.4, -0.2) is 18.0 Å². The molecule has 2 N–H and O–H groups in total. The van der Waals surface area contributed by atoms with E-state index >= 15 is 0 Å². The Hall–Kier alpha value is -2.86. The average Bonchev–Trinajstić information content (AvgIpc) is 2.64. The number of methoxy groups -OCH3 is 1. The summed E-state index contributed by atoms with van der Waals surface area (Å²) in [5.41, 5.74) is 2.06. The lowest BCUT2D eigenvalue weighted by Gasteiger charge is -2.08. The van der Waals surface area contributed by atoms with Crippen molar-refractivity contribution in [2.75, 3.05) is 17.7 Å². The molecule has 0 spiro atoms. The molecule has 1 aromatic heterocycles. The van der Waals surface area contributed by atoms with Gasteiger partial charge in [-0.05, 0) is 48.5 Å². The number of nitrogens with one attached hydrogen (secondary N) is 2. The number of nitrogens with zero attached hydrogens (tertiary/aromatic N) is 1. The fraction of sp³-hybridized carbons (Fsp3) is 0.0526. The van der Waals surface area contributed by atoms with Crippen LogP contribution >= 0.6 is 15.9 Å². The van der Waals surface area contributed by atoms with Crippen molar-refractivity contribution in [2.45, 2.75) is 0 Å². The molecule has 0 saturated heterocycles. The lowest BCUT2D eigenvalue weighted by molar-refractivity contribution is 0.102. The summed E-state index contributed by atoms with van der Waals surface area (Å²) in [6, 6.07) is 18.5. The lowest BCUT2D eigenvalue weighted by Crippen LogP contribution is -2.12. The van der Waals surface area contributed by atoms with Crippen molar-refractivity contribution in [1.82, 2.24) is 4.98 Å². The summed E-state index contributed by atoms with van der Waals surface area (Å²) in [7, 11) is 1.59. The van der Waals surface area contributed by atoms with Crippen LogP contribution < -0.4 is 15.4 Å². The zero-order valence-corrected chi connectivity index (χ0v) is 15.1. The molecule has 6 heteroatoms. The molecule has 0 bridgehead atoms. The van der Waals surface area contributed by atoms with E-state index in [1.54, 1.807) is 31.4 Å². The topological polar surface area (TPSA) is 63.2 Å².